The Hall–Kier alpha value is -2.78. The maximum atomic E-state index is 12.3. The van der Waals surface area contributed by atoms with Crippen LogP contribution in [0.2, 0.25) is 0 Å². The molecule has 120 valence electrons. The van der Waals surface area contributed by atoms with Gasteiger partial charge in [0.2, 0.25) is 0 Å². The number of para-hydroxylation sites is 2. The van der Waals surface area contributed by atoms with Gasteiger partial charge in [-0.25, -0.2) is 0 Å². The summed E-state index contributed by atoms with van der Waals surface area (Å²) in [5, 5.41) is 2.12. The minimum Gasteiger partial charge on any atom is -0.132 e. The number of rotatable bonds is 4. The van der Waals surface area contributed by atoms with Crippen molar-refractivity contribution in [1.29, 1.82) is 0 Å². The summed E-state index contributed by atoms with van der Waals surface area (Å²) in [6.45, 7) is 3.97. The smallest absolute Gasteiger partial charge is 0.132 e. The summed E-state index contributed by atoms with van der Waals surface area (Å²) in [5.41, 5.74) is 3.82. The highest BCUT2D eigenvalue weighted by atomic mass is 31.1. The van der Waals surface area contributed by atoms with E-state index in [1.54, 1.807) is 12.4 Å². The Bertz CT molecular complexity index is 981. The Morgan fingerprint density at radius 1 is 0.750 bits per heavy atom. The number of aryl methyl sites for hydroxylation is 2. The normalized spacial score (nSPS) is 11.1. The van der Waals surface area contributed by atoms with Crippen molar-refractivity contribution in [2.24, 2.45) is 0 Å². The third kappa shape index (κ3) is 2.43. The molecule has 0 saturated carbocycles. The molecule has 0 aliphatic heterocycles. The number of aromatic nitrogens is 2. The van der Waals surface area contributed by atoms with E-state index in [0.29, 0.717) is 0 Å². The second-order valence-electron chi connectivity index (χ2n) is 5.70. The van der Waals surface area contributed by atoms with Crippen LogP contribution in [0.15, 0.2) is 60.9 Å². The molecule has 6 heteroatoms. The molecule has 0 aliphatic carbocycles. The van der Waals surface area contributed by atoms with E-state index in [2.05, 4.69) is 0 Å². The summed E-state index contributed by atoms with van der Waals surface area (Å²) in [4.78, 5) is 0. The van der Waals surface area contributed by atoms with Crippen molar-refractivity contribution in [2.45, 2.75) is 13.8 Å². The fourth-order valence-corrected chi connectivity index (χ4v) is 3.51. The second-order valence-corrected chi connectivity index (χ2v) is 6.47. The van der Waals surface area contributed by atoms with Crippen molar-refractivity contribution in [3.8, 4) is 0 Å². The molecule has 2 heterocycles. The average Bonchev–Trinajstić information content (AvgIpc) is 3.07. The second kappa shape index (κ2) is 5.69. The lowest BCUT2D eigenvalue weighted by Crippen LogP contribution is -2.09. The molecule has 0 saturated heterocycles. The zero-order chi connectivity index (χ0) is 16.7. The van der Waals surface area contributed by atoms with E-state index in [0.717, 1.165) is 32.9 Å². The molecule has 4 aromatic rings. The molecule has 0 spiro atoms. The molecule has 0 atom stereocenters. The monoisotopic (exact) mass is 339 g/mol. The Kier molecular flexibility index (Phi) is 3.51. The largest absolute Gasteiger partial charge is 0.848 e. The quantitative estimate of drug-likeness (QED) is 0.517. The Balaban J connectivity index is 1.62. The standard InChI is InChI=1S/C18H16N2O3P/c1-13-11-19(17-9-5-3-7-15(13)17)22-24(21)23-20-12-14(2)16-8-4-6-10-18(16)20/h3-12H,1-2H3/q+1. The van der Waals surface area contributed by atoms with Crippen LogP contribution in [0.25, 0.3) is 21.8 Å². The number of fused-ring (bicyclic) bond motifs is 2. The molecule has 0 bridgehead atoms. The topological polar surface area (TPSA) is 45.4 Å². The fraction of sp³-hybridized carbons (Fsp3) is 0.111. The van der Waals surface area contributed by atoms with Gasteiger partial charge < -0.3 is 0 Å². The summed E-state index contributed by atoms with van der Waals surface area (Å²) in [6, 6.07) is 15.6. The molecule has 4 rings (SSSR count). The van der Waals surface area contributed by atoms with Crippen LogP contribution in [0.3, 0.4) is 0 Å². The molecule has 2 aromatic heterocycles. The Labute approximate surface area is 139 Å². The van der Waals surface area contributed by atoms with Crippen LogP contribution in [0.5, 0.6) is 0 Å². The Morgan fingerprint density at radius 3 is 1.62 bits per heavy atom. The lowest BCUT2D eigenvalue weighted by atomic mass is 10.2. The minimum absolute atomic E-state index is 0.857. The lowest BCUT2D eigenvalue weighted by Gasteiger charge is -1.97. The van der Waals surface area contributed by atoms with E-state index in [1.165, 1.54) is 9.46 Å². The average molecular weight is 339 g/mol. The molecule has 2 aromatic carbocycles. The highest BCUT2D eigenvalue weighted by Crippen LogP contribution is 2.26. The molecule has 0 radical (unpaired) electrons. The number of nitrogens with zero attached hydrogens (tertiary/aromatic N) is 2. The molecule has 0 unspecified atom stereocenters. The van der Waals surface area contributed by atoms with E-state index >= 15 is 0 Å². The molecule has 0 amide bonds. The molecule has 0 fully saturated rings. The molecule has 5 nitrogen and oxygen atoms in total. The maximum absolute atomic E-state index is 12.3. The van der Waals surface area contributed by atoms with Crippen LogP contribution in [-0.2, 0) is 4.57 Å². The van der Waals surface area contributed by atoms with E-state index in [9.17, 15) is 4.57 Å². The van der Waals surface area contributed by atoms with Gasteiger partial charge in [0.05, 0.1) is 23.4 Å². The molecule has 0 aliphatic rings. The number of hydrogen-bond donors (Lipinski definition) is 0. The minimum atomic E-state index is -2.38. The van der Waals surface area contributed by atoms with E-state index in [4.69, 9.17) is 9.25 Å². The number of hydrogen-bond acceptors (Lipinski definition) is 3. The summed E-state index contributed by atoms with van der Waals surface area (Å²) < 4.78 is 26.3. The van der Waals surface area contributed by atoms with Crippen LogP contribution in [0.1, 0.15) is 11.1 Å². The van der Waals surface area contributed by atoms with Gasteiger partial charge in [0, 0.05) is 15.3 Å². The van der Waals surface area contributed by atoms with Crippen LogP contribution in [0.4, 0.5) is 0 Å². The predicted molar refractivity (Wildman–Crippen MR) is 94.1 cm³/mol. The van der Waals surface area contributed by atoms with Crippen molar-refractivity contribution in [1.82, 2.24) is 9.46 Å². The van der Waals surface area contributed by atoms with E-state index in [-0.39, 0.29) is 0 Å². The van der Waals surface area contributed by atoms with Crippen molar-refractivity contribution in [3.63, 3.8) is 0 Å². The van der Waals surface area contributed by atoms with Gasteiger partial charge in [-0.15, -0.1) is 18.7 Å². The summed E-state index contributed by atoms with van der Waals surface area (Å²) in [6.07, 6.45) is 3.61. The van der Waals surface area contributed by atoms with Crippen LogP contribution < -0.4 is 9.25 Å². The van der Waals surface area contributed by atoms with Gasteiger partial charge in [-0.2, -0.15) is 0 Å². The van der Waals surface area contributed by atoms with Crippen LogP contribution in [0, 0.1) is 13.8 Å². The third-order valence-electron chi connectivity index (χ3n) is 4.06. The fourth-order valence-electron chi connectivity index (χ4n) is 2.92. The highest BCUT2D eigenvalue weighted by Gasteiger charge is 2.28. The first-order valence-electron chi connectivity index (χ1n) is 7.61. The first kappa shape index (κ1) is 14.8. The van der Waals surface area contributed by atoms with Crippen LogP contribution >= 0.6 is 8.25 Å². The number of benzene rings is 2. The van der Waals surface area contributed by atoms with E-state index < -0.39 is 8.25 Å². The third-order valence-corrected chi connectivity index (χ3v) is 4.68. The SMILES string of the molecule is Cc1cn(O[P+](=O)On2cc(C)c3ccccc32)c2ccccc12. The molecular weight excluding hydrogens is 323 g/mol. The van der Waals surface area contributed by atoms with Gasteiger partial charge in [0.15, 0.2) is 0 Å². The maximum Gasteiger partial charge on any atom is 0.848 e. The zero-order valence-corrected chi connectivity index (χ0v) is 14.2. The molecule has 24 heavy (non-hydrogen) atoms. The summed E-state index contributed by atoms with van der Waals surface area (Å²) in [7, 11) is -2.38. The van der Waals surface area contributed by atoms with Crippen molar-refractivity contribution in [3.05, 3.63) is 72.1 Å². The summed E-state index contributed by atoms with van der Waals surface area (Å²) >= 11 is 0. The first-order valence-corrected chi connectivity index (χ1v) is 8.70. The zero-order valence-electron chi connectivity index (χ0n) is 13.3. The Morgan fingerprint density at radius 2 is 1.17 bits per heavy atom. The van der Waals surface area contributed by atoms with Gasteiger partial charge >= 0.3 is 8.25 Å². The van der Waals surface area contributed by atoms with Crippen molar-refractivity contribution >= 4 is 30.1 Å². The van der Waals surface area contributed by atoms with Gasteiger partial charge in [0.25, 0.3) is 0 Å². The van der Waals surface area contributed by atoms with Crippen LogP contribution in [-0.4, -0.2) is 9.46 Å². The molecule has 0 N–H and O–H groups in total. The predicted octanol–water partition coefficient (Wildman–Crippen LogP) is 4.43. The highest BCUT2D eigenvalue weighted by molar-refractivity contribution is 7.33. The summed E-state index contributed by atoms with van der Waals surface area (Å²) in [5.74, 6) is 0. The van der Waals surface area contributed by atoms with Crippen molar-refractivity contribution in [2.75, 3.05) is 0 Å². The molecular formula is C18H16N2O3P+. The lowest BCUT2D eigenvalue weighted by molar-refractivity contribution is 0.205. The van der Waals surface area contributed by atoms with Crippen molar-refractivity contribution < 1.29 is 13.8 Å². The van der Waals surface area contributed by atoms with Gasteiger partial charge in [0.1, 0.15) is 0 Å². The van der Waals surface area contributed by atoms with Gasteiger partial charge in [-0.05, 0) is 37.1 Å². The van der Waals surface area contributed by atoms with E-state index in [1.807, 2.05) is 62.4 Å². The first-order chi connectivity index (χ1) is 11.6. The van der Waals surface area contributed by atoms with Gasteiger partial charge in [-0.3, -0.25) is 0 Å². The van der Waals surface area contributed by atoms with Gasteiger partial charge in [-0.1, -0.05) is 36.4 Å².